The first-order valence-corrected chi connectivity index (χ1v) is 5.20. The molecule has 1 rings (SSSR count). The lowest BCUT2D eigenvalue weighted by molar-refractivity contribution is 0.0209. The van der Waals surface area contributed by atoms with Crippen LogP contribution >= 0.6 is 0 Å². The molecule has 0 atom stereocenters. The molecule has 0 N–H and O–H groups in total. The Morgan fingerprint density at radius 2 is 2.00 bits per heavy atom. The Balaban J connectivity index is 2.35. The van der Waals surface area contributed by atoms with Gasteiger partial charge in [-0.2, -0.15) is 4.39 Å². The SMILES string of the molecule is COCCOCCOC(=O)c1ccnc(F)c1F. The van der Waals surface area contributed by atoms with Crippen LogP contribution in [0, 0.1) is 11.8 Å². The van der Waals surface area contributed by atoms with Gasteiger partial charge in [0.05, 0.1) is 19.8 Å². The average molecular weight is 261 g/mol. The van der Waals surface area contributed by atoms with Crippen LogP contribution in [-0.4, -0.2) is 44.5 Å². The van der Waals surface area contributed by atoms with Crippen LogP contribution < -0.4 is 0 Å². The third-order valence-electron chi connectivity index (χ3n) is 1.96. The standard InChI is InChI=1S/C11H13F2NO4/c1-16-4-5-17-6-7-18-11(15)8-2-3-14-10(13)9(8)12/h2-3H,4-7H2,1H3. The lowest BCUT2D eigenvalue weighted by Gasteiger charge is -2.06. The number of pyridine rings is 1. The number of ether oxygens (including phenoxy) is 3. The van der Waals surface area contributed by atoms with Gasteiger partial charge in [0.1, 0.15) is 12.2 Å². The summed E-state index contributed by atoms with van der Waals surface area (Å²) in [6, 6.07) is 1.05. The molecule has 0 saturated carbocycles. The number of hydrogen-bond donors (Lipinski definition) is 0. The molecule has 18 heavy (non-hydrogen) atoms. The van der Waals surface area contributed by atoms with Gasteiger partial charge in [0.15, 0.2) is 5.82 Å². The molecule has 1 heterocycles. The number of aromatic nitrogens is 1. The number of rotatable bonds is 7. The van der Waals surface area contributed by atoms with Gasteiger partial charge in [0.25, 0.3) is 0 Å². The second kappa shape index (κ2) is 7.67. The summed E-state index contributed by atoms with van der Waals surface area (Å²) in [4.78, 5) is 14.4. The van der Waals surface area contributed by atoms with Crippen LogP contribution in [0.2, 0.25) is 0 Å². The highest BCUT2D eigenvalue weighted by Gasteiger charge is 2.17. The van der Waals surface area contributed by atoms with Crippen molar-refractivity contribution >= 4 is 5.97 Å². The second-order valence-corrected chi connectivity index (χ2v) is 3.20. The van der Waals surface area contributed by atoms with Gasteiger partial charge in [-0.3, -0.25) is 0 Å². The first-order chi connectivity index (χ1) is 8.66. The van der Waals surface area contributed by atoms with Gasteiger partial charge in [-0.05, 0) is 6.07 Å². The van der Waals surface area contributed by atoms with E-state index < -0.39 is 23.3 Å². The first kappa shape index (κ1) is 14.5. The molecule has 5 nitrogen and oxygen atoms in total. The Morgan fingerprint density at radius 3 is 2.72 bits per heavy atom. The van der Waals surface area contributed by atoms with E-state index in [1.54, 1.807) is 0 Å². The summed E-state index contributed by atoms with van der Waals surface area (Å²) >= 11 is 0. The van der Waals surface area contributed by atoms with Crippen molar-refractivity contribution in [2.45, 2.75) is 0 Å². The zero-order valence-corrected chi connectivity index (χ0v) is 9.82. The van der Waals surface area contributed by atoms with Crippen LogP contribution in [0.4, 0.5) is 8.78 Å². The topological polar surface area (TPSA) is 57.7 Å². The Labute approximate surface area is 103 Å². The van der Waals surface area contributed by atoms with Gasteiger partial charge in [0, 0.05) is 13.3 Å². The smallest absolute Gasteiger partial charge is 0.341 e. The minimum absolute atomic E-state index is 0.0497. The highest BCUT2D eigenvalue weighted by atomic mass is 19.2. The maximum atomic E-state index is 13.1. The van der Waals surface area contributed by atoms with Gasteiger partial charge >= 0.3 is 5.97 Å². The van der Waals surface area contributed by atoms with Crippen LogP contribution in [0.5, 0.6) is 0 Å². The van der Waals surface area contributed by atoms with Gasteiger partial charge in [-0.25, -0.2) is 14.2 Å². The molecule has 0 aliphatic rings. The summed E-state index contributed by atoms with van der Waals surface area (Å²) < 4.78 is 40.4. The highest BCUT2D eigenvalue weighted by molar-refractivity contribution is 5.89. The molecule has 0 saturated heterocycles. The number of hydrogen-bond acceptors (Lipinski definition) is 5. The maximum absolute atomic E-state index is 13.1. The lowest BCUT2D eigenvalue weighted by atomic mass is 10.2. The third-order valence-corrected chi connectivity index (χ3v) is 1.96. The molecule has 1 aromatic rings. The molecule has 1 aromatic heterocycles. The normalized spacial score (nSPS) is 10.4. The fourth-order valence-electron chi connectivity index (χ4n) is 1.09. The molecule has 100 valence electrons. The van der Waals surface area contributed by atoms with Crippen molar-refractivity contribution in [3.8, 4) is 0 Å². The van der Waals surface area contributed by atoms with Crippen molar-refractivity contribution in [2.75, 3.05) is 33.5 Å². The van der Waals surface area contributed by atoms with Crippen molar-refractivity contribution in [3.05, 3.63) is 29.6 Å². The van der Waals surface area contributed by atoms with E-state index in [0.29, 0.717) is 13.2 Å². The second-order valence-electron chi connectivity index (χ2n) is 3.20. The zero-order chi connectivity index (χ0) is 13.4. The fraction of sp³-hybridized carbons (Fsp3) is 0.455. The van der Waals surface area contributed by atoms with Crippen molar-refractivity contribution in [3.63, 3.8) is 0 Å². The Bertz CT molecular complexity index is 401. The summed E-state index contributed by atoms with van der Waals surface area (Å²) in [5, 5.41) is 0. The predicted molar refractivity (Wildman–Crippen MR) is 57.1 cm³/mol. The van der Waals surface area contributed by atoms with E-state index in [2.05, 4.69) is 4.98 Å². The van der Waals surface area contributed by atoms with E-state index in [4.69, 9.17) is 14.2 Å². The van der Waals surface area contributed by atoms with Crippen molar-refractivity contribution in [1.29, 1.82) is 0 Å². The molecule has 0 aliphatic heterocycles. The number of methoxy groups -OCH3 is 1. The van der Waals surface area contributed by atoms with Crippen molar-refractivity contribution in [1.82, 2.24) is 4.98 Å². The summed E-state index contributed by atoms with van der Waals surface area (Å²) in [6.45, 7) is 0.903. The largest absolute Gasteiger partial charge is 0.460 e. The predicted octanol–water partition coefficient (Wildman–Crippen LogP) is 1.18. The van der Waals surface area contributed by atoms with E-state index in [-0.39, 0.29) is 13.2 Å². The summed E-state index contributed by atoms with van der Waals surface area (Å²) in [7, 11) is 1.53. The molecule has 7 heteroatoms. The average Bonchev–Trinajstić information content (AvgIpc) is 2.36. The minimum Gasteiger partial charge on any atom is -0.460 e. The fourth-order valence-corrected chi connectivity index (χ4v) is 1.09. The van der Waals surface area contributed by atoms with Crippen LogP contribution in [0.15, 0.2) is 12.3 Å². The molecule has 0 radical (unpaired) electrons. The monoisotopic (exact) mass is 261 g/mol. The van der Waals surface area contributed by atoms with Gasteiger partial charge < -0.3 is 14.2 Å². The summed E-state index contributed by atoms with van der Waals surface area (Å²) in [5.41, 5.74) is -0.487. The first-order valence-electron chi connectivity index (χ1n) is 5.20. The quantitative estimate of drug-likeness (QED) is 0.419. The molecule has 0 fully saturated rings. The zero-order valence-electron chi connectivity index (χ0n) is 9.82. The van der Waals surface area contributed by atoms with E-state index in [0.717, 1.165) is 12.3 Å². The summed E-state index contributed by atoms with van der Waals surface area (Å²) in [6.07, 6.45) is 0.990. The maximum Gasteiger partial charge on any atom is 0.341 e. The van der Waals surface area contributed by atoms with E-state index in [1.165, 1.54) is 7.11 Å². The van der Waals surface area contributed by atoms with Crippen LogP contribution in [-0.2, 0) is 14.2 Å². The molecule has 0 bridgehead atoms. The molecule has 0 amide bonds. The number of halogens is 2. The van der Waals surface area contributed by atoms with Gasteiger partial charge in [-0.1, -0.05) is 0 Å². The van der Waals surface area contributed by atoms with Crippen molar-refractivity contribution in [2.24, 2.45) is 0 Å². The molecule has 0 spiro atoms. The van der Waals surface area contributed by atoms with Gasteiger partial charge in [-0.15, -0.1) is 0 Å². The Morgan fingerprint density at radius 1 is 1.28 bits per heavy atom. The van der Waals surface area contributed by atoms with E-state index >= 15 is 0 Å². The van der Waals surface area contributed by atoms with Crippen LogP contribution in [0.1, 0.15) is 10.4 Å². The molecular weight excluding hydrogens is 248 g/mol. The Kier molecular flexibility index (Phi) is 6.16. The minimum atomic E-state index is -1.33. The molecule has 0 aliphatic carbocycles. The number of carbonyl (C=O) groups is 1. The highest BCUT2D eigenvalue weighted by Crippen LogP contribution is 2.10. The number of carbonyl (C=O) groups excluding carboxylic acids is 1. The Hall–Kier alpha value is -1.60. The van der Waals surface area contributed by atoms with E-state index in [9.17, 15) is 13.6 Å². The van der Waals surface area contributed by atoms with E-state index in [1.807, 2.05) is 0 Å². The van der Waals surface area contributed by atoms with Crippen LogP contribution in [0.25, 0.3) is 0 Å². The molecular formula is C11H13F2NO4. The van der Waals surface area contributed by atoms with Gasteiger partial charge in [0.2, 0.25) is 5.95 Å². The number of nitrogens with zero attached hydrogens (tertiary/aromatic N) is 1. The third kappa shape index (κ3) is 4.34. The lowest BCUT2D eigenvalue weighted by Crippen LogP contribution is -2.14. The number of esters is 1. The molecule has 0 unspecified atom stereocenters. The summed E-state index contributed by atoms with van der Waals surface area (Å²) in [5.74, 6) is -3.60. The van der Waals surface area contributed by atoms with Crippen molar-refractivity contribution < 1.29 is 27.8 Å². The van der Waals surface area contributed by atoms with Crippen LogP contribution in [0.3, 0.4) is 0 Å². The molecule has 0 aromatic carbocycles.